The summed E-state index contributed by atoms with van der Waals surface area (Å²) in [6.45, 7) is 2.00. The van der Waals surface area contributed by atoms with Crippen LogP contribution in [0, 0.1) is 6.92 Å². The summed E-state index contributed by atoms with van der Waals surface area (Å²) in [5, 5.41) is 11.0. The molecule has 2 saturated heterocycles. The molecule has 1 N–H and O–H groups in total. The van der Waals surface area contributed by atoms with E-state index in [1.807, 2.05) is 37.3 Å². The van der Waals surface area contributed by atoms with Crippen LogP contribution in [0.5, 0.6) is 0 Å². The first kappa shape index (κ1) is 21.4. The Hall–Kier alpha value is -1.85. The predicted molar refractivity (Wildman–Crippen MR) is 105 cm³/mol. The Morgan fingerprint density at radius 1 is 1.03 bits per heavy atom. The fraction of sp³-hybridized carbons (Fsp3) is 0.429. The average Bonchev–Trinajstić information content (AvgIpc) is 2.76. The highest BCUT2D eigenvalue weighted by molar-refractivity contribution is 7.86. The first-order valence-electron chi connectivity index (χ1n) is 9.57. The molecule has 8 nitrogen and oxygen atoms in total. The molecule has 2 aliphatic heterocycles. The number of aryl methyl sites for hydroxylation is 1. The van der Waals surface area contributed by atoms with Crippen molar-refractivity contribution in [1.82, 2.24) is 0 Å². The van der Waals surface area contributed by atoms with Crippen molar-refractivity contribution < 1.29 is 36.7 Å². The first-order chi connectivity index (χ1) is 14.4. The molecule has 2 aliphatic rings. The SMILES string of the molecule is CO[C@H]1O[C@@H]2CO[C@@H](c3ccccc3)O[C@H]2[C@H](O)[C@H]1OS(=O)(=O)c1ccc(C)cc1. The van der Waals surface area contributed by atoms with Gasteiger partial charge in [-0.25, -0.2) is 0 Å². The Bertz CT molecular complexity index is 947. The number of rotatable bonds is 5. The summed E-state index contributed by atoms with van der Waals surface area (Å²) in [6, 6.07) is 15.5. The average molecular weight is 436 g/mol. The summed E-state index contributed by atoms with van der Waals surface area (Å²) < 4.78 is 53.5. The molecule has 0 amide bonds. The molecule has 2 heterocycles. The van der Waals surface area contributed by atoms with E-state index >= 15 is 0 Å². The smallest absolute Gasteiger partial charge is 0.297 e. The van der Waals surface area contributed by atoms with Crippen LogP contribution >= 0.6 is 0 Å². The lowest BCUT2D eigenvalue weighted by atomic mass is 9.98. The largest absolute Gasteiger partial charge is 0.387 e. The van der Waals surface area contributed by atoms with Gasteiger partial charge in [0.2, 0.25) is 0 Å². The maximum absolute atomic E-state index is 12.8. The van der Waals surface area contributed by atoms with E-state index in [2.05, 4.69) is 0 Å². The van der Waals surface area contributed by atoms with Crippen LogP contribution in [0.3, 0.4) is 0 Å². The molecule has 4 rings (SSSR count). The number of hydrogen-bond donors (Lipinski definition) is 1. The van der Waals surface area contributed by atoms with Gasteiger partial charge in [0.1, 0.15) is 18.3 Å². The van der Waals surface area contributed by atoms with Gasteiger partial charge in [0.25, 0.3) is 10.1 Å². The predicted octanol–water partition coefficient (Wildman–Crippen LogP) is 1.92. The molecule has 2 aromatic rings. The lowest BCUT2D eigenvalue weighted by Crippen LogP contribution is -2.63. The van der Waals surface area contributed by atoms with Crippen molar-refractivity contribution in [1.29, 1.82) is 0 Å². The van der Waals surface area contributed by atoms with Crippen molar-refractivity contribution in [3.8, 4) is 0 Å². The second kappa shape index (κ2) is 8.72. The molecule has 162 valence electrons. The van der Waals surface area contributed by atoms with Crippen molar-refractivity contribution in [3.63, 3.8) is 0 Å². The summed E-state index contributed by atoms with van der Waals surface area (Å²) in [6.07, 6.45) is -5.93. The number of aliphatic hydroxyl groups excluding tert-OH is 1. The summed E-state index contributed by atoms with van der Waals surface area (Å²) >= 11 is 0. The summed E-state index contributed by atoms with van der Waals surface area (Å²) in [5.74, 6) is 0. The quantitative estimate of drug-likeness (QED) is 0.710. The van der Waals surface area contributed by atoms with E-state index in [9.17, 15) is 13.5 Å². The van der Waals surface area contributed by atoms with Gasteiger partial charge in [-0.05, 0) is 19.1 Å². The van der Waals surface area contributed by atoms with Crippen LogP contribution in [0.2, 0.25) is 0 Å². The van der Waals surface area contributed by atoms with Crippen LogP contribution in [-0.4, -0.2) is 57.9 Å². The van der Waals surface area contributed by atoms with Crippen LogP contribution in [0.4, 0.5) is 0 Å². The highest BCUT2D eigenvalue weighted by Gasteiger charge is 2.51. The highest BCUT2D eigenvalue weighted by atomic mass is 32.2. The topological polar surface area (TPSA) is 101 Å². The number of benzene rings is 2. The number of aliphatic hydroxyl groups is 1. The Morgan fingerprint density at radius 2 is 1.73 bits per heavy atom. The van der Waals surface area contributed by atoms with Crippen molar-refractivity contribution in [2.45, 2.75) is 48.8 Å². The second-order valence-electron chi connectivity index (χ2n) is 7.27. The van der Waals surface area contributed by atoms with Gasteiger partial charge in [-0.2, -0.15) is 8.42 Å². The van der Waals surface area contributed by atoms with E-state index in [-0.39, 0.29) is 11.5 Å². The minimum Gasteiger partial charge on any atom is -0.387 e. The Morgan fingerprint density at radius 3 is 2.40 bits per heavy atom. The Balaban J connectivity index is 1.55. The molecule has 0 radical (unpaired) electrons. The van der Waals surface area contributed by atoms with E-state index in [1.54, 1.807) is 12.1 Å². The van der Waals surface area contributed by atoms with E-state index < -0.39 is 47.1 Å². The monoisotopic (exact) mass is 436 g/mol. The molecule has 0 saturated carbocycles. The lowest BCUT2D eigenvalue weighted by Gasteiger charge is -2.46. The summed E-state index contributed by atoms with van der Waals surface area (Å²) in [7, 11) is -2.81. The maximum Gasteiger partial charge on any atom is 0.297 e. The Kier molecular flexibility index (Phi) is 6.21. The number of hydrogen-bond acceptors (Lipinski definition) is 8. The molecule has 9 heteroatoms. The first-order valence-corrected chi connectivity index (χ1v) is 11.0. The van der Waals surface area contributed by atoms with Gasteiger partial charge in [0.15, 0.2) is 18.7 Å². The molecule has 0 unspecified atom stereocenters. The third-order valence-corrected chi connectivity index (χ3v) is 6.49. The van der Waals surface area contributed by atoms with E-state index in [4.69, 9.17) is 23.1 Å². The summed E-state index contributed by atoms with van der Waals surface area (Å²) in [4.78, 5) is -0.0210. The molecular formula is C21H24O8S. The van der Waals surface area contributed by atoms with Crippen molar-refractivity contribution >= 4 is 10.1 Å². The molecule has 0 spiro atoms. The third-order valence-electron chi connectivity index (χ3n) is 5.16. The van der Waals surface area contributed by atoms with Crippen LogP contribution in [0.1, 0.15) is 17.4 Å². The van der Waals surface area contributed by atoms with Crippen LogP contribution in [0.25, 0.3) is 0 Å². The van der Waals surface area contributed by atoms with Gasteiger partial charge in [0, 0.05) is 12.7 Å². The zero-order chi connectivity index (χ0) is 21.3. The van der Waals surface area contributed by atoms with E-state index in [0.29, 0.717) is 0 Å². The van der Waals surface area contributed by atoms with Crippen LogP contribution < -0.4 is 0 Å². The van der Waals surface area contributed by atoms with E-state index in [0.717, 1.165) is 11.1 Å². The zero-order valence-electron chi connectivity index (χ0n) is 16.6. The van der Waals surface area contributed by atoms with Crippen molar-refractivity contribution in [2.75, 3.05) is 13.7 Å². The molecule has 6 atom stereocenters. The lowest BCUT2D eigenvalue weighted by molar-refractivity contribution is -0.354. The standard InChI is InChI=1S/C21H24O8S/c1-13-8-10-15(11-9-13)30(23,24)29-19-17(22)18-16(27-21(19)25-2)12-26-20(28-18)14-6-4-3-5-7-14/h3-11,16-22H,12H2,1-2H3/t16-,17+,18-,19-,20-,21+/m1/s1. The van der Waals surface area contributed by atoms with Gasteiger partial charge in [0.05, 0.1) is 11.5 Å². The molecule has 0 aliphatic carbocycles. The number of methoxy groups -OCH3 is 1. The third kappa shape index (κ3) is 4.28. The molecule has 2 fully saturated rings. The van der Waals surface area contributed by atoms with Gasteiger partial charge < -0.3 is 24.1 Å². The molecule has 2 aromatic carbocycles. The van der Waals surface area contributed by atoms with Crippen LogP contribution in [0.15, 0.2) is 59.5 Å². The van der Waals surface area contributed by atoms with Gasteiger partial charge >= 0.3 is 0 Å². The highest BCUT2D eigenvalue weighted by Crippen LogP contribution is 2.36. The number of fused-ring (bicyclic) bond motifs is 1. The van der Waals surface area contributed by atoms with Gasteiger partial charge in [-0.15, -0.1) is 0 Å². The van der Waals surface area contributed by atoms with E-state index in [1.165, 1.54) is 19.2 Å². The van der Waals surface area contributed by atoms with Crippen molar-refractivity contribution in [2.24, 2.45) is 0 Å². The zero-order valence-corrected chi connectivity index (χ0v) is 17.4. The fourth-order valence-electron chi connectivity index (χ4n) is 3.55. The second-order valence-corrected chi connectivity index (χ2v) is 8.85. The summed E-state index contributed by atoms with van der Waals surface area (Å²) in [5.41, 5.74) is 1.69. The fourth-order valence-corrected chi connectivity index (χ4v) is 4.62. The molecule has 30 heavy (non-hydrogen) atoms. The van der Waals surface area contributed by atoms with Crippen molar-refractivity contribution in [3.05, 3.63) is 65.7 Å². The number of ether oxygens (including phenoxy) is 4. The molecule has 0 bridgehead atoms. The van der Waals surface area contributed by atoms with Gasteiger partial charge in [-0.3, -0.25) is 4.18 Å². The molecular weight excluding hydrogens is 412 g/mol. The minimum absolute atomic E-state index is 0.0210. The normalized spacial score (nSPS) is 31.8. The van der Waals surface area contributed by atoms with Gasteiger partial charge in [-0.1, -0.05) is 48.0 Å². The molecule has 0 aromatic heterocycles. The maximum atomic E-state index is 12.8. The van der Waals surface area contributed by atoms with Crippen LogP contribution in [-0.2, 0) is 33.2 Å². The Labute approximate surface area is 175 Å². The minimum atomic E-state index is -4.16.